The molecule has 0 bridgehead atoms. The lowest BCUT2D eigenvalue weighted by Gasteiger charge is -2.04. The molecule has 0 atom stereocenters. The average molecular weight is 359 g/mol. The van der Waals surface area contributed by atoms with Crippen LogP contribution in [0.3, 0.4) is 0 Å². The summed E-state index contributed by atoms with van der Waals surface area (Å²) >= 11 is 0. The fourth-order valence-corrected chi connectivity index (χ4v) is 3.24. The second kappa shape index (κ2) is 7.45. The number of methoxy groups -OCH3 is 1. The third-order valence-electron chi connectivity index (χ3n) is 3.50. The molecule has 130 valence electrons. The zero-order valence-corrected chi connectivity index (χ0v) is 14.4. The molecular formula is C17H17N3O4S. The van der Waals surface area contributed by atoms with E-state index in [0.29, 0.717) is 18.1 Å². The Kier molecular flexibility index (Phi) is 5.11. The summed E-state index contributed by atoms with van der Waals surface area (Å²) in [5, 5.41) is 3.91. The Hall–Kier alpha value is -2.71. The third-order valence-corrected chi connectivity index (χ3v) is 4.98. The smallest absolute Gasteiger partial charge is 0.240 e. The van der Waals surface area contributed by atoms with Crippen molar-refractivity contribution in [3.63, 3.8) is 0 Å². The Morgan fingerprint density at radius 1 is 1.08 bits per heavy atom. The van der Waals surface area contributed by atoms with Crippen molar-refractivity contribution in [3.05, 3.63) is 60.5 Å². The molecule has 0 aliphatic rings. The van der Waals surface area contributed by atoms with Crippen molar-refractivity contribution >= 4 is 10.0 Å². The molecule has 3 rings (SSSR count). The first kappa shape index (κ1) is 17.1. The van der Waals surface area contributed by atoms with E-state index >= 15 is 0 Å². The Morgan fingerprint density at radius 3 is 2.48 bits per heavy atom. The molecule has 0 aliphatic heterocycles. The first-order chi connectivity index (χ1) is 12.1. The summed E-state index contributed by atoms with van der Waals surface area (Å²) in [7, 11) is -1.94. The molecule has 0 aliphatic carbocycles. The van der Waals surface area contributed by atoms with Crippen LogP contribution in [0.4, 0.5) is 0 Å². The molecule has 8 heteroatoms. The van der Waals surface area contributed by atoms with Crippen LogP contribution in [0.25, 0.3) is 11.4 Å². The largest absolute Gasteiger partial charge is 0.497 e. The van der Waals surface area contributed by atoms with Gasteiger partial charge in [-0.15, -0.1) is 0 Å². The topological polar surface area (TPSA) is 94.3 Å². The maximum atomic E-state index is 12.1. The summed E-state index contributed by atoms with van der Waals surface area (Å²) in [6.45, 7) is 0.168. The highest BCUT2D eigenvalue weighted by Crippen LogP contribution is 2.19. The second-order valence-corrected chi connectivity index (χ2v) is 6.97. The number of nitrogens with one attached hydrogen (secondary N) is 1. The molecule has 0 fully saturated rings. The van der Waals surface area contributed by atoms with Crippen LogP contribution in [0.1, 0.15) is 5.89 Å². The highest BCUT2D eigenvalue weighted by molar-refractivity contribution is 7.89. The van der Waals surface area contributed by atoms with E-state index in [1.54, 1.807) is 37.4 Å². The molecule has 3 aromatic rings. The van der Waals surface area contributed by atoms with Gasteiger partial charge in [0.25, 0.3) is 0 Å². The predicted octanol–water partition coefficient (Wildman–Crippen LogP) is 2.27. The lowest BCUT2D eigenvalue weighted by molar-refractivity contribution is 0.379. The lowest BCUT2D eigenvalue weighted by atomic mass is 10.2. The molecule has 1 heterocycles. The van der Waals surface area contributed by atoms with Crippen molar-refractivity contribution in [2.45, 2.75) is 11.3 Å². The standard InChI is InChI=1S/C17H17N3O4S/c1-23-14-9-7-13(8-10-14)17-19-16(24-20-17)11-12-18-25(21,22)15-5-3-2-4-6-15/h2-10,18H,11-12H2,1H3. The molecule has 0 saturated heterocycles. The van der Waals surface area contributed by atoms with E-state index in [4.69, 9.17) is 9.26 Å². The van der Waals surface area contributed by atoms with Gasteiger partial charge < -0.3 is 9.26 Å². The van der Waals surface area contributed by atoms with E-state index in [9.17, 15) is 8.42 Å². The minimum atomic E-state index is -3.54. The number of aromatic nitrogens is 2. The molecule has 0 radical (unpaired) electrons. The Balaban J connectivity index is 1.60. The van der Waals surface area contributed by atoms with Gasteiger partial charge >= 0.3 is 0 Å². The van der Waals surface area contributed by atoms with Crippen molar-refractivity contribution in [2.75, 3.05) is 13.7 Å². The quantitative estimate of drug-likeness (QED) is 0.695. The van der Waals surface area contributed by atoms with Gasteiger partial charge in [0.15, 0.2) is 0 Å². The molecule has 1 aromatic heterocycles. The van der Waals surface area contributed by atoms with Crippen molar-refractivity contribution in [2.24, 2.45) is 0 Å². The monoisotopic (exact) mass is 359 g/mol. The highest BCUT2D eigenvalue weighted by Gasteiger charge is 2.14. The summed E-state index contributed by atoms with van der Waals surface area (Å²) in [5.41, 5.74) is 0.792. The number of nitrogens with zero attached hydrogens (tertiary/aromatic N) is 2. The minimum absolute atomic E-state index is 0.168. The molecule has 25 heavy (non-hydrogen) atoms. The summed E-state index contributed by atoms with van der Waals surface area (Å²) in [4.78, 5) is 4.50. The summed E-state index contributed by atoms with van der Waals surface area (Å²) < 4.78 is 37.0. The van der Waals surface area contributed by atoms with Gasteiger partial charge in [-0.2, -0.15) is 4.98 Å². The normalized spacial score (nSPS) is 11.4. The van der Waals surface area contributed by atoms with Gasteiger partial charge in [-0.25, -0.2) is 13.1 Å². The van der Waals surface area contributed by atoms with Crippen molar-refractivity contribution in [1.29, 1.82) is 0 Å². The van der Waals surface area contributed by atoms with Crippen LogP contribution in [-0.2, 0) is 16.4 Å². The van der Waals surface area contributed by atoms with Crippen molar-refractivity contribution < 1.29 is 17.7 Å². The molecule has 0 saturated carbocycles. The minimum Gasteiger partial charge on any atom is -0.497 e. The predicted molar refractivity (Wildman–Crippen MR) is 91.6 cm³/mol. The van der Waals surface area contributed by atoms with Gasteiger partial charge in [0.1, 0.15) is 5.75 Å². The van der Waals surface area contributed by atoms with Crippen LogP contribution in [-0.4, -0.2) is 32.2 Å². The maximum absolute atomic E-state index is 12.1. The Morgan fingerprint density at radius 2 is 1.80 bits per heavy atom. The Labute approximate surface area is 145 Å². The summed E-state index contributed by atoms with van der Waals surface area (Å²) in [5.74, 6) is 1.55. The van der Waals surface area contributed by atoms with Gasteiger partial charge in [-0.1, -0.05) is 23.4 Å². The van der Waals surface area contributed by atoms with Crippen molar-refractivity contribution in [3.8, 4) is 17.1 Å². The number of hydrogen-bond acceptors (Lipinski definition) is 6. The average Bonchev–Trinajstić information content (AvgIpc) is 3.11. The molecule has 1 N–H and O–H groups in total. The van der Waals surface area contributed by atoms with Gasteiger partial charge in [0.2, 0.25) is 21.7 Å². The molecule has 0 unspecified atom stereocenters. The van der Waals surface area contributed by atoms with Gasteiger partial charge in [-0.05, 0) is 36.4 Å². The molecule has 7 nitrogen and oxygen atoms in total. The Bertz CT molecular complexity index is 922. The second-order valence-electron chi connectivity index (χ2n) is 5.20. The van der Waals surface area contributed by atoms with E-state index in [1.807, 2.05) is 12.1 Å². The van der Waals surface area contributed by atoms with Gasteiger partial charge in [0.05, 0.1) is 12.0 Å². The van der Waals surface area contributed by atoms with Crippen LogP contribution >= 0.6 is 0 Å². The number of rotatable bonds is 7. The molecule has 0 amide bonds. The fraction of sp³-hybridized carbons (Fsp3) is 0.176. The van der Waals surface area contributed by atoms with Crippen LogP contribution in [0.5, 0.6) is 5.75 Å². The van der Waals surface area contributed by atoms with Crippen LogP contribution < -0.4 is 9.46 Å². The summed E-state index contributed by atoms with van der Waals surface area (Å²) in [6, 6.07) is 15.4. The summed E-state index contributed by atoms with van der Waals surface area (Å²) in [6.07, 6.45) is 0.301. The van der Waals surface area contributed by atoms with E-state index in [2.05, 4.69) is 14.9 Å². The zero-order chi connectivity index (χ0) is 17.7. The van der Waals surface area contributed by atoms with Crippen molar-refractivity contribution in [1.82, 2.24) is 14.9 Å². The third kappa shape index (κ3) is 4.23. The number of ether oxygens (including phenoxy) is 1. The molecule has 0 spiro atoms. The van der Waals surface area contributed by atoms with Crippen LogP contribution in [0.2, 0.25) is 0 Å². The first-order valence-corrected chi connectivity index (χ1v) is 9.08. The van der Waals surface area contributed by atoms with Gasteiger partial charge in [0, 0.05) is 18.5 Å². The maximum Gasteiger partial charge on any atom is 0.240 e. The molecular weight excluding hydrogens is 342 g/mol. The number of benzene rings is 2. The SMILES string of the molecule is COc1ccc(-c2noc(CCNS(=O)(=O)c3ccccc3)n2)cc1. The fourth-order valence-electron chi connectivity index (χ4n) is 2.19. The van der Waals surface area contributed by atoms with E-state index in [0.717, 1.165) is 11.3 Å². The van der Waals surface area contributed by atoms with Crippen LogP contribution in [0.15, 0.2) is 64.0 Å². The van der Waals surface area contributed by atoms with Gasteiger partial charge in [-0.3, -0.25) is 0 Å². The first-order valence-electron chi connectivity index (χ1n) is 7.60. The van der Waals surface area contributed by atoms with Crippen LogP contribution in [0, 0.1) is 0 Å². The van der Waals surface area contributed by atoms with E-state index < -0.39 is 10.0 Å². The zero-order valence-electron chi connectivity index (χ0n) is 13.5. The number of hydrogen-bond donors (Lipinski definition) is 1. The highest BCUT2D eigenvalue weighted by atomic mass is 32.2. The lowest BCUT2D eigenvalue weighted by Crippen LogP contribution is -2.26. The van der Waals surface area contributed by atoms with E-state index in [-0.39, 0.29) is 11.4 Å². The van der Waals surface area contributed by atoms with E-state index in [1.165, 1.54) is 12.1 Å². The molecule has 2 aromatic carbocycles. The number of sulfonamides is 1.